The molecule has 9 aromatic carbocycles. The predicted molar refractivity (Wildman–Crippen MR) is 243 cm³/mol. The zero-order valence-corrected chi connectivity index (χ0v) is 31.7. The van der Waals surface area contributed by atoms with Crippen LogP contribution in [0.5, 0.6) is 0 Å². The van der Waals surface area contributed by atoms with Crippen molar-refractivity contribution in [2.75, 3.05) is 19.6 Å². The van der Waals surface area contributed by atoms with Crippen molar-refractivity contribution in [3.8, 4) is 22.3 Å². The summed E-state index contributed by atoms with van der Waals surface area (Å²) >= 11 is 0. The van der Waals surface area contributed by atoms with E-state index in [0.29, 0.717) is 0 Å². The fourth-order valence-corrected chi connectivity index (χ4v) is 8.62. The Bertz CT molecular complexity index is 2890. The normalized spacial score (nSPS) is 12.7. The van der Waals surface area contributed by atoms with Crippen LogP contribution >= 0.6 is 0 Å². The van der Waals surface area contributed by atoms with Gasteiger partial charge in [0.25, 0.3) is 0 Å². The van der Waals surface area contributed by atoms with E-state index >= 15 is 0 Å². The van der Waals surface area contributed by atoms with Crippen molar-refractivity contribution < 1.29 is 0 Å². The number of fused-ring (bicyclic) bond motifs is 4. The molecule has 2 heterocycles. The molecule has 0 radical (unpaired) electrons. The van der Waals surface area contributed by atoms with Crippen LogP contribution in [0.2, 0.25) is 0 Å². The molecule has 0 aliphatic carbocycles. The Kier molecular flexibility index (Phi) is 8.11. The van der Waals surface area contributed by atoms with E-state index in [9.17, 15) is 0 Å². The highest BCUT2D eigenvalue weighted by atomic mass is 15.3. The van der Waals surface area contributed by atoms with Crippen LogP contribution in [0.25, 0.3) is 22.3 Å². The average molecular weight is 743 g/mol. The average Bonchev–Trinajstić information content (AvgIpc) is 3.30. The molecule has 4 heteroatoms. The van der Waals surface area contributed by atoms with Gasteiger partial charge in [-0.15, -0.1) is 0 Å². The summed E-state index contributed by atoms with van der Waals surface area (Å²) < 4.78 is 0. The minimum atomic E-state index is 1.11. The van der Waals surface area contributed by atoms with Gasteiger partial charge in [0.1, 0.15) is 0 Å². The third kappa shape index (κ3) is 5.62. The zero-order chi connectivity index (χ0) is 38.4. The smallest absolute Gasteiger partial charge is 0.0709 e. The van der Waals surface area contributed by atoms with Gasteiger partial charge in [-0.25, -0.2) is 0 Å². The molecule has 0 aromatic heterocycles. The first-order valence-electron chi connectivity index (χ1n) is 19.8. The third-order valence-electron chi connectivity index (χ3n) is 11.3. The number of nitrogens with zero attached hydrogens (tertiary/aromatic N) is 4. The second-order valence-electron chi connectivity index (χ2n) is 14.6. The van der Waals surface area contributed by atoms with E-state index in [2.05, 4.69) is 250 Å². The van der Waals surface area contributed by atoms with E-state index in [1.807, 2.05) is 0 Å². The van der Waals surface area contributed by atoms with Gasteiger partial charge in [0.05, 0.1) is 45.5 Å². The van der Waals surface area contributed by atoms with Gasteiger partial charge in [0.15, 0.2) is 0 Å². The van der Waals surface area contributed by atoms with Crippen molar-refractivity contribution in [1.82, 2.24) is 0 Å². The molecule has 0 amide bonds. The van der Waals surface area contributed by atoms with Gasteiger partial charge in [0, 0.05) is 22.7 Å². The SMILES string of the molecule is c1ccc(-c2ccc(N3c4ccccc4N(c4ccccc4)c4cc(-c5ccc6c(c5)N(c5ccccc5)c5ccccc5N6c5ccccc5)ccc43)cc2)cc1. The van der Waals surface area contributed by atoms with Crippen molar-refractivity contribution in [2.24, 2.45) is 0 Å². The molecule has 58 heavy (non-hydrogen) atoms. The zero-order valence-electron chi connectivity index (χ0n) is 31.7. The molecular weight excluding hydrogens is 705 g/mol. The third-order valence-corrected chi connectivity index (χ3v) is 11.3. The Balaban J connectivity index is 1.09. The van der Waals surface area contributed by atoms with Crippen molar-refractivity contribution in [1.29, 1.82) is 0 Å². The van der Waals surface area contributed by atoms with E-state index in [1.165, 1.54) is 11.1 Å². The molecule has 274 valence electrons. The van der Waals surface area contributed by atoms with Crippen LogP contribution in [0.3, 0.4) is 0 Å². The van der Waals surface area contributed by atoms with Crippen LogP contribution in [-0.2, 0) is 0 Å². The maximum atomic E-state index is 2.41. The Morgan fingerprint density at radius 2 is 0.431 bits per heavy atom. The lowest BCUT2D eigenvalue weighted by Crippen LogP contribution is -2.24. The summed E-state index contributed by atoms with van der Waals surface area (Å²) in [5.74, 6) is 0. The fourth-order valence-electron chi connectivity index (χ4n) is 8.62. The molecule has 11 rings (SSSR count). The molecular formula is C54H38N4. The van der Waals surface area contributed by atoms with E-state index in [1.54, 1.807) is 0 Å². The van der Waals surface area contributed by atoms with Gasteiger partial charge < -0.3 is 19.6 Å². The molecule has 0 N–H and O–H groups in total. The van der Waals surface area contributed by atoms with E-state index < -0.39 is 0 Å². The monoisotopic (exact) mass is 742 g/mol. The molecule has 0 fully saturated rings. The van der Waals surface area contributed by atoms with E-state index in [4.69, 9.17) is 0 Å². The maximum Gasteiger partial charge on any atom is 0.0709 e. The van der Waals surface area contributed by atoms with Gasteiger partial charge in [-0.3, -0.25) is 0 Å². The van der Waals surface area contributed by atoms with Crippen LogP contribution in [0, 0.1) is 0 Å². The molecule has 2 aliphatic rings. The number of para-hydroxylation sites is 7. The molecule has 0 bridgehead atoms. The summed E-state index contributed by atoms with van der Waals surface area (Å²) in [6, 6.07) is 82.9. The summed E-state index contributed by atoms with van der Waals surface area (Å²) in [5.41, 5.74) is 18.2. The first-order chi connectivity index (χ1) is 28.8. The molecule has 0 saturated heterocycles. The van der Waals surface area contributed by atoms with E-state index in [-0.39, 0.29) is 0 Å². The number of benzene rings is 9. The maximum absolute atomic E-state index is 2.41. The van der Waals surface area contributed by atoms with Crippen LogP contribution in [0.4, 0.5) is 68.2 Å². The fraction of sp³-hybridized carbons (Fsp3) is 0. The van der Waals surface area contributed by atoms with Gasteiger partial charge in [-0.05, 0) is 119 Å². The van der Waals surface area contributed by atoms with Crippen LogP contribution in [-0.4, -0.2) is 0 Å². The first kappa shape index (κ1) is 33.5. The Hall–Kier alpha value is -7.82. The van der Waals surface area contributed by atoms with E-state index in [0.717, 1.165) is 79.4 Å². The highest BCUT2D eigenvalue weighted by Crippen LogP contribution is 2.57. The number of rotatable bonds is 6. The molecule has 0 unspecified atom stereocenters. The summed E-state index contributed by atoms with van der Waals surface area (Å²) in [7, 11) is 0. The largest absolute Gasteiger partial charge is 0.306 e. The second-order valence-corrected chi connectivity index (χ2v) is 14.6. The van der Waals surface area contributed by atoms with Gasteiger partial charge in [-0.1, -0.05) is 133 Å². The summed E-state index contributed by atoms with van der Waals surface area (Å²) in [6.45, 7) is 0. The summed E-state index contributed by atoms with van der Waals surface area (Å²) in [4.78, 5) is 9.60. The van der Waals surface area contributed by atoms with Gasteiger partial charge in [-0.2, -0.15) is 0 Å². The highest BCUT2D eigenvalue weighted by molar-refractivity contribution is 6.05. The number of hydrogen-bond acceptors (Lipinski definition) is 4. The van der Waals surface area contributed by atoms with Crippen molar-refractivity contribution in [2.45, 2.75) is 0 Å². The quantitative estimate of drug-likeness (QED) is 0.168. The first-order valence-corrected chi connectivity index (χ1v) is 19.8. The van der Waals surface area contributed by atoms with Gasteiger partial charge >= 0.3 is 0 Å². The Morgan fingerprint density at radius 1 is 0.172 bits per heavy atom. The van der Waals surface area contributed by atoms with Crippen LogP contribution in [0.15, 0.2) is 231 Å². The van der Waals surface area contributed by atoms with Crippen molar-refractivity contribution in [3.63, 3.8) is 0 Å². The molecule has 2 aliphatic heterocycles. The Labute approximate surface area is 339 Å². The number of anilines is 12. The van der Waals surface area contributed by atoms with Crippen LogP contribution < -0.4 is 19.6 Å². The molecule has 9 aromatic rings. The Morgan fingerprint density at radius 3 is 0.810 bits per heavy atom. The summed E-state index contributed by atoms with van der Waals surface area (Å²) in [6.07, 6.45) is 0. The standard InChI is InChI=1S/C54H38N4/c1-5-17-39(18-6-1)40-29-33-46(34-30-40)56-48-26-14-16-28-50(48)58(45-23-11-4-12-24-45)54-38-42(32-36-52(54)56)41-31-35-51-53(37-41)57(44-21-9-3-10-22-44)49-27-15-13-25-47(49)55(51)43-19-7-2-8-20-43/h1-38H. The lowest BCUT2D eigenvalue weighted by atomic mass is 9.97. The molecule has 4 nitrogen and oxygen atoms in total. The topological polar surface area (TPSA) is 13.0 Å². The minimum Gasteiger partial charge on any atom is -0.306 e. The summed E-state index contributed by atoms with van der Waals surface area (Å²) in [5, 5.41) is 0. The number of hydrogen-bond donors (Lipinski definition) is 0. The van der Waals surface area contributed by atoms with Gasteiger partial charge in [0.2, 0.25) is 0 Å². The lowest BCUT2D eigenvalue weighted by Gasteiger charge is -2.41. The second kappa shape index (κ2) is 14.0. The van der Waals surface area contributed by atoms with Crippen molar-refractivity contribution >= 4 is 68.2 Å². The molecule has 0 saturated carbocycles. The van der Waals surface area contributed by atoms with Crippen molar-refractivity contribution in [3.05, 3.63) is 231 Å². The van der Waals surface area contributed by atoms with Crippen LogP contribution in [0.1, 0.15) is 0 Å². The lowest BCUT2D eigenvalue weighted by molar-refractivity contribution is 1.17. The highest BCUT2D eigenvalue weighted by Gasteiger charge is 2.33. The molecule has 0 atom stereocenters. The minimum absolute atomic E-state index is 1.11. The predicted octanol–water partition coefficient (Wildman–Crippen LogP) is 15.5. The molecule has 0 spiro atoms.